The molecule has 1 atom stereocenters. The fraction of sp³-hybridized carbons (Fsp3) is 0.125. The number of rotatable bonds is 3. The van der Waals surface area contributed by atoms with E-state index in [9.17, 15) is 4.39 Å². The van der Waals surface area contributed by atoms with Gasteiger partial charge < -0.3 is 5.32 Å². The predicted molar refractivity (Wildman–Crippen MR) is 78.0 cm³/mol. The SMILES string of the molecule is CC(Nc1cnnc2ccccc12)c1ccccc1F. The summed E-state index contributed by atoms with van der Waals surface area (Å²) in [6, 6.07) is 14.4. The van der Waals surface area contributed by atoms with Gasteiger partial charge in [0.1, 0.15) is 5.82 Å². The number of aromatic nitrogens is 2. The molecular weight excluding hydrogens is 253 g/mol. The highest BCUT2D eigenvalue weighted by Crippen LogP contribution is 2.25. The molecule has 3 rings (SSSR count). The minimum Gasteiger partial charge on any atom is -0.377 e. The van der Waals surface area contributed by atoms with Gasteiger partial charge in [0.15, 0.2) is 0 Å². The topological polar surface area (TPSA) is 37.8 Å². The summed E-state index contributed by atoms with van der Waals surface area (Å²) < 4.78 is 13.8. The van der Waals surface area contributed by atoms with Crippen LogP contribution in [-0.4, -0.2) is 10.2 Å². The van der Waals surface area contributed by atoms with Crippen molar-refractivity contribution in [2.45, 2.75) is 13.0 Å². The van der Waals surface area contributed by atoms with Gasteiger partial charge in [-0.2, -0.15) is 10.2 Å². The van der Waals surface area contributed by atoms with Crippen LogP contribution in [0.15, 0.2) is 54.7 Å². The van der Waals surface area contributed by atoms with Gasteiger partial charge in [-0.05, 0) is 19.1 Å². The molecule has 3 aromatic rings. The quantitative estimate of drug-likeness (QED) is 0.781. The van der Waals surface area contributed by atoms with Crippen molar-refractivity contribution in [3.63, 3.8) is 0 Å². The third-order valence-corrected chi connectivity index (χ3v) is 3.29. The fourth-order valence-electron chi connectivity index (χ4n) is 2.26. The van der Waals surface area contributed by atoms with Gasteiger partial charge in [-0.15, -0.1) is 0 Å². The first kappa shape index (κ1) is 12.5. The van der Waals surface area contributed by atoms with E-state index in [0.29, 0.717) is 5.56 Å². The summed E-state index contributed by atoms with van der Waals surface area (Å²) >= 11 is 0. The van der Waals surface area contributed by atoms with Crippen LogP contribution in [0.1, 0.15) is 18.5 Å². The van der Waals surface area contributed by atoms with Gasteiger partial charge in [0.2, 0.25) is 0 Å². The number of hydrogen-bond donors (Lipinski definition) is 1. The number of nitrogens with zero attached hydrogens (tertiary/aromatic N) is 2. The van der Waals surface area contributed by atoms with Gasteiger partial charge in [0, 0.05) is 10.9 Å². The van der Waals surface area contributed by atoms with Crippen molar-refractivity contribution in [3.05, 3.63) is 66.1 Å². The van der Waals surface area contributed by atoms with Gasteiger partial charge in [-0.25, -0.2) is 4.39 Å². The molecule has 0 saturated carbocycles. The lowest BCUT2D eigenvalue weighted by Gasteiger charge is -2.17. The number of nitrogens with one attached hydrogen (secondary N) is 1. The molecule has 0 aliphatic carbocycles. The maximum atomic E-state index is 13.8. The minimum atomic E-state index is -0.209. The molecule has 100 valence electrons. The van der Waals surface area contributed by atoms with Crippen LogP contribution >= 0.6 is 0 Å². The number of halogens is 1. The molecule has 1 N–H and O–H groups in total. The average molecular weight is 267 g/mol. The Labute approximate surface area is 116 Å². The molecule has 4 heteroatoms. The molecule has 2 aromatic carbocycles. The summed E-state index contributed by atoms with van der Waals surface area (Å²) in [4.78, 5) is 0. The Kier molecular flexibility index (Phi) is 3.29. The number of anilines is 1. The van der Waals surface area contributed by atoms with Gasteiger partial charge in [-0.3, -0.25) is 0 Å². The zero-order valence-corrected chi connectivity index (χ0v) is 11.0. The van der Waals surface area contributed by atoms with Crippen LogP contribution in [0.2, 0.25) is 0 Å². The maximum Gasteiger partial charge on any atom is 0.128 e. The highest BCUT2D eigenvalue weighted by Gasteiger charge is 2.11. The second-order valence-electron chi connectivity index (χ2n) is 4.66. The largest absolute Gasteiger partial charge is 0.377 e. The third-order valence-electron chi connectivity index (χ3n) is 3.29. The third kappa shape index (κ3) is 2.32. The van der Waals surface area contributed by atoms with Crippen molar-refractivity contribution in [2.24, 2.45) is 0 Å². The molecule has 1 unspecified atom stereocenters. The number of fused-ring (bicyclic) bond motifs is 1. The first-order valence-corrected chi connectivity index (χ1v) is 6.47. The van der Waals surface area contributed by atoms with E-state index < -0.39 is 0 Å². The molecule has 0 bridgehead atoms. The monoisotopic (exact) mass is 267 g/mol. The van der Waals surface area contributed by atoms with E-state index in [-0.39, 0.29) is 11.9 Å². The van der Waals surface area contributed by atoms with Crippen LogP contribution in [0.4, 0.5) is 10.1 Å². The predicted octanol–water partition coefficient (Wildman–Crippen LogP) is 3.94. The molecule has 1 heterocycles. The Hall–Kier alpha value is -2.49. The van der Waals surface area contributed by atoms with Gasteiger partial charge in [-0.1, -0.05) is 36.4 Å². The van der Waals surface area contributed by atoms with Gasteiger partial charge in [0.05, 0.1) is 23.4 Å². The van der Waals surface area contributed by atoms with Crippen LogP contribution in [0.3, 0.4) is 0 Å². The molecule has 0 fully saturated rings. The Morgan fingerprint density at radius 3 is 2.65 bits per heavy atom. The summed E-state index contributed by atoms with van der Waals surface area (Å²) in [7, 11) is 0. The molecule has 0 amide bonds. The second kappa shape index (κ2) is 5.25. The van der Waals surface area contributed by atoms with E-state index in [4.69, 9.17) is 0 Å². The van der Waals surface area contributed by atoms with Crippen LogP contribution in [-0.2, 0) is 0 Å². The lowest BCUT2D eigenvalue weighted by Crippen LogP contribution is -2.09. The molecule has 20 heavy (non-hydrogen) atoms. The van der Waals surface area contributed by atoms with Crippen LogP contribution in [0, 0.1) is 5.82 Å². The molecule has 0 aliphatic heterocycles. The number of benzene rings is 2. The van der Waals surface area contributed by atoms with Gasteiger partial charge in [0.25, 0.3) is 0 Å². The molecule has 0 saturated heterocycles. The zero-order chi connectivity index (χ0) is 13.9. The molecular formula is C16H14FN3. The summed E-state index contributed by atoms with van der Waals surface area (Å²) in [5.74, 6) is -0.209. The van der Waals surface area contributed by atoms with E-state index in [0.717, 1.165) is 16.6 Å². The van der Waals surface area contributed by atoms with E-state index in [1.807, 2.05) is 37.3 Å². The summed E-state index contributed by atoms with van der Waals surface area (Å²) in [6.45, 7) is 1.92. The van der Waals surface area contributed by atoms with Gasteiger partial charge >= 0.3 is 0 Å². The van der Waals surface area contributed by atoms with E-state index in [2.05, 4.69) is 15.5 Å². The summed E-state index contributed by atoms with van der Waals surface area (Å²) in [6.07, 6.45) is 1.67. The van der Waals surface area contributed by atoms with Crippen molar-refractivity contribution in [1.29, 1.82) is 0 Å². The van der Waals surface area contributed by atoms with E-state index >= 15 is 0 Å². The fourth-order valence-corrected chi connectivity index (χ4v) is 2.26. The van der Waals surface area contributed by atoms with Crippen molar-refractivity contribution >= 4 is 16.6 Å². The standard InChI is InChI=1S/C16H14FN3/c1-11(12-6-2-4-8-14(12)17)19-16-10-18-20-15-9-5-3-7-13(15)16/h2-11H,1H3,(H,19,20). The maximum absolute atomic E-state index is 13.8. The second-order valence-corrected chi connectivity index (χ2v) is 4.66. The van der Waals surface area contributed by atoms with E-state index in [1.54, 1.807) is 18.3 Å². The van der Waals surface area contributed by atoms with Crippen LogP contribution in [0.5, 0.6) is 0 Å². The summed E-state index contributed by atoms with van der Waals surface area (Å²) in [5, 5.41) is 12.3. The normalized spacial score (nSPS) is 12.3. The minimum absolute atomic E-state index is 0.149. The van der Waals surface area contributed by atoms with Crippen molar-refractivity contribution in [3.8, 4) is 0 Å². The van der Waals surface area contributed by atoms with Crippen molar-refractivity contribution < 1.29 is 4.39 Å². The van der Waals surface area contributed by atoms with E-state index in [1.165, 1.54) is 6.07 Å². The lowest BCUT2D eigenvalue weighted by atomic mass is 10.1. The molecule has 3 nitrogen and oxygen atoms in total. The Morgan fingerprint density at radius 1 is 1.05 bits per heavy atom. The highest BCUT2D eigenvalue weighted by molar-refractivity contribution is 5.90. The summed E-state index contributed by atoms with van der Waals surface area (Å²) in [5.41, 5.74) is 2.30. The zero-order valence-electron chi connectivity index (χ0n) is 11.0. The Balaban J connectivity index is 1.96. The molecule has 0 radical (unpaired) electrons. The first-order valence-electron chi connectivity index (χ1n) is 6.47. The van der Waals surface area contributed by atoms with Crippen molar-refractivity contribution in [2.75, 3.05) is 5.32 Å². The molecule has 1 aromatic heterocycles. The lowest BCUT2D eigenvalue weighted by molar-refractivity contribution is 0.600. The highest BCUT2D eigenvalue weighted by atomic mass is 19.1. The van der Waals surface area contributed by atoms with Crippen molar-refractivity contribution in [1.82, 2.24) is 10.2 Å². The molecule has 0 aliphatic rings. The first-order chi connectivity index (χ1) is 9.75. The Bertz CT molecular complexity index is 737. The Morgan fingerprint density at radius 2 is 1.80 bits per heavy atom. The van der Waals surface area contributed by atoms with Crippen LogP contribution < -0.4 is 5.32 Å². The number of hydrogen-bond acceptors (Lipinski definition) is 3. The molecule has 0 spiro atoms. The smallest absolute Gasteiger partial charge is 0.128 e. The average Bonchev–Trinajstić information content (AvgIpc) is 2.48. The van der Waals surface area contributed by atoms with Crippen LogP contribution in [0.25, 0.3) is 10.9 Å².